The minimum Gasteiger partial charge on any atom is -0.333 e. The lowest BCUT2D eigenvalue weighted by Crippen LogP contribution is -2.19. The molecule has 0 amide bonds. The standard InChI is InChI=1S/C14H16N4O.2C2H6.C2H4.CH5N/c1-5-7-8-10(6-2)12-15-9-11-13(16-12)18(4)14(19)17(11)3;4*1-2/h5-9H,1H2,2-4H3;2*1-2H3;1-2H2;2H2,1H3/b8-7-,10-6+;;;;. The molecule has 2 aromatic rings. The Balaban J connectivity index is -0.000000638. The molecule has 152 valence electrons. The first-order valence-electron chi connectivity index (χ1n) is 9.02. The van der Waals surface area contributed by atoms with Crippen LogP contribution in [0.15, 0.2) is 55.0 Å². The summed E-state index contributed by atoms with van der Waals surface area (Å²) in [5, 5.41) is 0. The van der Waals surface area contributed by atoms with Crippen molar-refractivity contribution < 1.29 is 0 Å². The third kappa shape index (κ3) is 8.00. The van der Waals surface area contributed by atoms with Gasteiger partial charge in [0.1, 0.15) is 5.52 Å². The van der Waals surface area contributed by atoms with E-state index in [2.05, 4.69) is 35.4 Å². The summed E-state index contributed by atoms with van der Waals surface area (Å²) >= 11 is 0. The number of aromatic nitrogens is 4. The van der Waals surface area contributed by atoms with Gasteiger partial charge in [-0.15, -0.1) is 13.2 Å². The van der Waals surface area contributed by atoms with Gasteiger partial charge in [0.05, 0.1) is 6.20 Å². The van der Waals surface area contributed by atoms with Crippen molar-refractivity contribution in [2.75, 3.05) is 7.05 Å². The van der Waals surface area contributed by atoms with Crippen LogP contribution in [0.25, 0.3) is 16.7 Å². The molecule has 6 heteroatoms. The fourth-order valence-electron chi connectivity index (χ4n) is 1.88. The summed E-state index contributed by atoms with van der Waals surface area (Å²) < 4.78 is 3.05. The number of nitrogens with zero attached hydrogens (tertiary/aromatic N) is 4. The number of hydrogen-bond donors (Lipinski definition) is 1. The molecule has 0 atom stereocenters. The van der Waals surface area contributed by atoms with E-state index in [9.17, 15) is 4.79 Å². The quantitative estimate of drug-likeness (QED) is 0.643. The highest BCUT2D eigenvalue weighted by Crippen LogP contribution is 2.14. The van der Waals surface area contributed by atoms with Crippen LogP contribution in [0.1, 0.15) is 40.4 Å². The molecule has 0 fully saturated rings. The molecule has 0 bridgehead atoms. The number of aryl methyl sites for hydroxylation is 2. The van der Waals surface area contributed by atoms with Gasteiger partial charge in [-0.3, -0.25) is 9.13 Å². The smallest absolute Gasteiger partial charge is 0.329 e. The molecule has 0 spiro atoms. The van der Waals surface area contributed by atoms with Gasteiger partial charge in [0.25, 0.3) is 0 Å². The van der Waals surface area contributed by atoms with Crippen molar-refractivity contribution in [3.8, 4) is 0 Å². The number of rotatable bonds is 3. The largest absolute Gasteiger partial charge is 0.333 e. The maximum absolute atomic E-state index is 11.8. The van der Waals surface area contributed by atoms with Crippen LogP contribution < -0.4 is 11.4 Å². The Morgan fingerprint density at radius 2 is 1.63 bits per heavy atom. The number of allylic oxidation sites excluding steroid dienone is 5. The highest BCUT2D eigenvalue weighted by Gasteiger charge is 2.11. The summed E-state index contributed by atoms with van der Waals surface area (Å²) in [5.41, 5.74) is 6.63. The van der Waals surface area contributed by atoms with E-state index in [1.165, 1.54) is 16.2 Å². The lowest BCUT2D eigenvalue weighted by molar-refractivity contribution is 0.791. The van der Waals surface area contributed by atoms with Crippen LogP contribution in [0.5, 0.6) is 0 Å². The normalized spacial score (nSPS) is 9.59. The molecule has 0 aromatic carbocycles. The molecule has 2 N–H and O–H groups in total. The van der Waals surface area contributed by atoms with Crippen LogP contribution in [-0.2, 0) is 14.1 Å². The first-order chi connectivity index (χ1) is 13.1. The topological polar surface area (TPSA) is 78.7 Å². The predicted octanol–water partition coefficient (Wildman–Crippen LogP) is 4.24. The lowest BCUT2D eigenvalue weighted by Gasteiger charge is -2.01. The minimum absolute atomic E-state index is 0.106. The Morgan fingerprint density at radius 3 is 2.07 bits per heavy atom. The van der Waals surface area contributed by atoms with Crippen molar-refractivity contribution in [3.05, 3.63) is 66.5 Å². The molecule has 0 aliphatic carbocycles. The third-order valence-electron chi connectivity index (χ3n) is 2.98. The monoisotopic (exact) mass is 375 g/mol. The van der Waals surface area contributed by atoms with Crippen molar-refractivity contribution in [1.29, 1.82) is 0 Å². The van der Waals surface area contributed by atoms with Crippen molar-refractivity contribution in [2.45, 2.75) is 34.6 Å². The second kappa shape index (κ2) is 18.1. The maximum Gasteiger partial charge on any atom is 0.329 e. The van der Waals surface area contributed by atoms with Gasteiger partial charge < -0.3 is 5.73 Å². The first kappa shape index (κ1) is 29.0. The molecular formula is C21H37N5O. The summed E-state index contributed by atoms with van der Waals surface area (Å²) in [6.45, 7) is 19.6. The Kier molecular flexibility index (Phi) is 19.4. The molecule has 2 aromatic heterocycles. The molecule has 0 unspecified atom stereocenters. The summed E-state index contributed by atoms with van der Waals surface area (Å²) in [7, 11) is 4.91. The molecule has 0 aliphatic rings. The zero-order valence-electron chi connectivity index (χ0n) is 18.3. The second-order valence-electron chi connectivity index (χ2n) is 4.14. The van der Waals surface area contributed by atoms with Crippen molar-refractivity contribution in [2.24, 2.45) is 19.8 Å². The summed E-state index contributed by atoms with van der Waals surface area (Å²) in [6.07, 6.45) is 8.99. The lowest BCUT2D eigenvalue weighted by atomic mass is 10.2. The fourth-order valence-corrected chi connectivity index (χ4v) is 1.88. The van der Waals surface area contributed by atoms with Crippen LogP contribution in [0.4, 0.5) is 0 Å². The maximum atomic E-state index is 11.8. The van der Waals surface area contributed by atoms with E-state index in [4.69, 9.17) is 0 Å². The van der Waals surface area contributed by atoms with Gasteiger partial charge >= 0.3 is 5.69 Å². The molecule has 0 saturated heterocycles. The van der Waals surface area contributed by atoms with Crippen molar-refractivity contribution in [3.63, 3.8) is 0 Å². The van der Waals surface area contributed by atoms with Gasteiger partial charge in [-0.2, -0.15) is 0 Å². The Labute approximate surface area is 164 Å². The van der Waals surface area contributed by atoms with Gasteiger partial charge in [0.2, 0.25) is 0 Å². The Hall–Kier alpha value is -2.73. The van der Waals surface area contributed by atoms with Gasteiger partial charge in [-0.25, -0.2) is 14.8 Å². The summed E-state index contributed by atoms with van der Waals surface area (Å²) in [5.74, 6) is 0.592. The van der Waals surface area contributed by atoms with Gasteiger partial charge in [-0.05, 0) is 14.0 Å². The third-order valence-corrected chi connectivity index (χ3v) is 2.98. The molecule has 6 nitrogen and oxygen atoms in total. The Bertz CT molecular complexity index is 767. The minimum atomic E-state index is -0.106. The highest BCUT2D eigenvalue weighted by atomic mass is 16.1. The van der Waals surface area contributed by atoms with E-state index in [0.717, 1.165) is 11.1 Å². The van der Waals surface area contributed by atoms with E-state index in [1.54, 1.807) is 26.4 Å². The molecule has 0 radical (unpaired) electrons. The number of nitrogens with two attached hydrogens (primary N) is 1. The molecule has 2 heterocycles. The predicted molar refractivity (Wildman–Crippen MR) is 121 cm³/mol. The number of hydrogen-bond acceptors (Lipinski definition) is 4. The van der Waals surface area contributed by atoms with Crippen LogP contribution in [0.3, 0.4) is 0 Å². The van der Waals surface area contributed by atoms with E-state index >= 15 is 0 Å². The van der Waals surface area contributed by atoms with Crippen LogP contribution in [0.2, 0.25) is 0 Å². The van der Waals surface area contributed by atoms with Gasteiger partial charge in [-0.1, -0.05) is 58.6 Å². The zero-order valence-corrected chi connectivity index (χ0v) is 18.3. The first-order valence-corrected chi connectivity index (χ1v) is 9.02. The Morgan fingerprint density at radius 1 is 1.11 bits per heavy atom. The van der Waals surface area contributed by atoms with E-state index < -0.39 is 0 Å². The van der Waals surface area contributed by atoms with Crippen molar-refractivity contribution in [1.82, 2.24) is 19.1 Å². The average molecular weight is 376 g/mol. The van der Waals surface area contributed by atoms with Crippen LogP contribution in [-0.4, -0.2) is 26.1 Å². The van der Waals surface area contributed by atoms with E-state index in [0.29, 0.717) is 11.5 Å². The molecule has 0 aliphatic heterocycles. The fraction of sp³-hybridized carbons (Fsp3) is 0.381. The average Bonchev–Trinajstić information content (AvgIpc) is 2.98. The molecule has 27 heavy (non-hydrogen) atoms. The van der Waals surface area contributed by atoms with Gasteiger partial charge in [0.15, 0.2) is 11.5 Å². The highest BCUT2D eigenvalue weighted by molar-refractivity contribution is 5.76. The van der Waals surface area contributed by atoms with Crippen molar-refractivity contribution >= 4 is 16.7 Å². The zero-order chi connectivity index (χ0) is 22.0. The number of fused-ring (bicyclic) bond motifs is 1. The molecule has 0 saturated carbocycles. The van der Waals surface area contributed by atoms with E-state index in [1.807, 2.05) is 52.8 Å². The van der Waals surface area contributed by atoms with Crippen LogP contribution >= 0.6 is 0 Å². The van der Waals surface area contributed by atoms with Crippen LogP contribution in [0, 0.1) is 0 Å². The summed E-state index contributed by atoms with van der Waals surface area (Å²) in [6, 6.07) is 0. The number of imidazole rings is 1. The van der Waals surface area contributed by atoms with Gasteiger partial charge in [0, 0.05) is 19.7 Å². The SMILES string of the molecule is C=C.C=C/C=C\C(=C/C)c1ncc2c(n1)n(C)c(=O)n2C.CC.CC.CN. The molecule has 2 rings (SSSR count). The molecular weight excluding hydrogens is 338 g/mol. The van der Waals surface area contributed by atoms with E-state index in [-0.39, 0.29) is 5.69 Å². The second-order valence-corrected chi connectivity index (χ2v) is 4.14. The summed E-state index contributed by atoms with van der Waals surface area (Å²) in [4.78, 5) is 20.6.